The van der Waals surface area contributed by atoms with Crippen LogP contribution in [-0.4, -0.2) is 49.5 Å². The summed E-state index contributed by atoms with van der Waals surface area (Å²) >= 11 is 0. The fraction of sp³-hybridized carbons (Fsp3) is 0.889. The summed E-state index contributed by atoms with van der Waals surface area (Å²) < 4.78 is 5.45. The van der Waals surface area contributed by atoms with Gasteiger partial charge >= 0.3 is 5.97 Å². The molecule has 5 nitrogen and oxygen atoms in total. The van der Waals surface area contributed by atoms with Gasteiger partial charge in [0.25, 0.3) is 0 Å². The van der Waals surface area contributed by atoms with Gasteiger partial charge in [-0.05, 0) is 26.9 Å². The molecule has 1 fully saturated rings. The van der Waals surface area contributed by atoms with E-state index in [4.69, 9.17) is 4.74 Å². The number of rotatable bonds is 4. The Morgan fingerprint density at radius 2 is 2.50 bits per heavy atom. The first-order valence-electron chi connectivity index (χ1n) is 4.92. The average molecular weight is 202 g/mol. The van der Waals surface area contributed by atoms with Crippen LogP contribution in [0.4, 0.5) is 0 Å². The SMILES string of the molecule is CCOC1CNCCC1(NC)C(=O)O. The molecule has 0 spiro atoms. The van der Waals surface area contributed by atoms with Gasteiger partial charge in [0, 0.05) is 13.2 Å². The summed E-state index contributed by atoms with van der Waals surface area (Å²) in [6, 6.07) is 0. The number of likely N-dealkylation sites (N-methyl/N-ethyl adjacent to an activating group) is 1. The molecule has 1 heterocycles. The van der Waals surface area contributed by atoms with E-state index in [1.807, 2.05) is 6.92 Å². The third-order valence-electron chi connectivity index (χ3n) is 2.77. The molecule has 0 bridgehead atoms. The molecule has 1 aliphatic heterocycles. The predicted molar refractivity (Wildman–Crippen MR) is 52.3 cm³/mol. The first-order valence-corrected chi connectivity index (χ1v) is 4.92. The molecular weight excluding hydrogens is 184 g/mol. The van der Waals surface area contributed by atoms with Crippen LogP contribution in [0.25, 0.3) is 0 Å². The van der Waals surface area contributed by atoms with Crippen molar-refractivity contribution in [1.29, 1.82) is 0 Å². The van der Waals surface area contributed by atoms with Crippen LogP contribution in [0.1, 0.15) is 13.3 Å². The van der Waals surface area contributed by atoms with Crippen LogP contribution in [0.15, 0.2) is 0 Å². The van der Waals surface area contributed by atoms with E-state index >= 15 is 0 Å². The number of piperidine rings is 1. The number of ether oxygens (including phenoxy) is 1. The first-order chi connectivity index (χ1) is 6.67. The topological polar surface area (TPSA) is 70.6 Å². The molecule has 1 rings (SSSR count). The Balaban J connectivity index is 2.81. The molecule has 3 N–H and O–H groups in total. The van der Waals surface area contributed by atoms with Crippen LogP contribution in [0, 0.1) is 0 Å². The molecule has 5 heteroatoms. The molecule has 14 heavy (non-hydrogen) atoms. The summed E-state index contributed by atoms with van der Waals surface area (Å²) in [6.07, 6.45) is 0.243. The van der Waals surface area contributed by atoms with E-state index in [0.29, 0.717) is 26.1 Å². The standard InChI is InChI=1S/C9H18N2O3/c1-3-14-7-6-11-5-4-9(7,10-2)8(12)13/h7,10-11H,3-6H2,1-2H3,(H,12,13). The molecule has 1 aliphatic rings. The number of aliphatic carboxylic acids is 1. The maximum Gasteiger partial charge on any atom is 0.326 e. The largest absolute Gasteiger partial charge is 0.480 e. The minimum atomic E-state index is -0.929. The number of nitrogens with one attached hydrogen (secondary N) is 2. The van der Waals surface area contributed by atoms with Gasteiger partial charge in [-0.25, -0.2) is 0 Å². The van der Waals surface area contributed by atoms with Crippen molar-refractivity contribution in [2.75, 3.05) is 26.7 Å². The Morgan fingerprint density at radius 3 is 3.00 bits per heavy atom. The molecule has 0 saturated carbocycles. The van der Waals surface area contributed by atoms with Gasteiger partial charge in [-0.3, -0.25) is 4.79 Å². The van der Waals surface area contributed by atoms with Gasteiger partial charge in [0.05, 0.1) is 6.10 Å². The van der Waals surface area contributed by atoms with Gasteiger partial charge in [-0.1, -0.05) is 0 Å². The number of carbonyl (C=O) groups is 1. The third kappa shape index (κ3) is 1.89. The van der Waals surface area contributed by atoms with Gasteiger partial charge in [0.1, 0.15) is 5.54 Å². The van der Waals surface area contributed by atoms with Crippen molar-refractivity contribution in [3.8, 4) is 0 Å². The van der Waals surface area contributed by atoms with Gasteiger partial charge in [-0.2, -0.15) is 0 Å². The molecule has 1 saturated heterocycles. The molecule has 0 aromatic carbocycles. The van der Waals surface area contributed by atoms with Gasteiger partial charge in [0.15, 0.2) is 0 Å². The van der Waals surface area contributed by atoms with Crippen LogP contribution >= 0.6 is 0 Å². The molecule has 2 unspecified atom stereocenters. The van der Waals surface area contributed by atoms with E-state index in [2.05, 4.69) is 10.6 Å². The highest BCUT2D eigenvalue weighted by atomic mass is 16.5. The molecule has 2 atom stereocenters. The van der Waals surface area contributed by atoms with Crippen molar-refractivity contribution in [2.45, 2.75) is 25.0 Å². The highest BCUT2D eigenvalue weighted by Gasteiger charge is 2.46. The summed E-state index contributed by atoms with van der Waals surface area (Å²) in [7, 11) is 1.67. The molecule has 0 aliphatic carbocycles. The van der Waals surface area contributed by atoms with Crippen molar-refractivity contribution >= 4 is 5.97 Å². The number of carboxylic acids is 1. The summed E-state index contributed by atoms with van der Waals surface area (Å²) in [5.74, 6) is -0.833. The Morgan fingerprint density at radius 1 is 1.79 bits per heavy atom. The van der Waals surface area contributed by atoms with E-state index in [0.717, 1.165) is 0 Å². The van der Waals surface area contributed by atoms with Crippen LogP contribution < -0.4 is 10.6 Å². The minimum absolute atomic E-state index is 0.302. The maximum absolute atomic E-state index is 11.2. The number of carboxylic acid groups (broad SMARTS) is 1. The lowest BCUT2D eigenvalue weighted by molar-refractivity contribution is -0.154. The second-order valence-corrected chi connectivity index (χ2v) is 3.42. The van der Waals surface area contributed by atoms with Crippen LogP contribution in [0.3, 0.4) is 0 Å². The quantitative estimate of drug-likeness (QED) is 0.569. The highest BCUT2D eigenvalue weighted by Crippen LogP contribution is 2.21. The first kappa shape index (κ1) is 11.4. The van der Waals surface area contributed by atoms with E-state index in [-0.39, 0.29) is 6.10 Å². The zero-order valence-electron chi connectivity index (χ0n) is 8.67. The predicted octanol–water partition coefficient (Wildman–Crippen LogP) is -0.572. The lowest BCUT2D eigenvalue weighted by Crippen LogP contribution is -2.66. The van der Waals surface area contributed by atoms with E-state index in [9.17, 15) is 9.90 Å². The summed E-state index contributed by atoms with van der Waals surface area (Å²) in [5, 5.41) is 15.2. The van der Waals surface area contributed by atoms with Gasteiger partial charge in [0.2, 0.25) is 0 Å². The van der Waals surface area contributed by atoms with E-state index in [1.165, 1.54) is 0 Å². The number of hydrogen-bond donors (Lipinski definition) is 3. The van der Waals surface area contributed by atoms with Crippen LogP contribution in [0.2, 0.25) is 0 Å². The normalized spacial score (nSPS) is 32.9. The lowest BCUT2D eigenvalue weighted by Gasteiger charge is -2.40. The van der Waals surface area contributed by atoms with E-state index < -0.39 is 11.5 Å². The molecule has 0 aromatic rings. The second-order valence-electron chi connectivity index (χ2n) is 3.42. The van der Waals surface area contributed by atoms with Crippen molar-refractivity contribution < 1.29 is 14.6 Å². The van der Waals surface area contributed by atoms with Gasteiger partial charge < -0.3 is 20.5 Å². The summed E-state index contributed by atoms with van der Waals surface area (Å²) in [5.41, 5.74) is -0.929. The minimum Gasteiger partial charge on any atom is -0.480 e. The smallest absolute Gasteiger partial charge is 0.326 e. The van der Waals surface area contributed by atoms with E-state index in [1.54, 1.807) is 7.05 Å². The Bertz CT molecular complexity index is 208. The fourth-order valence-corrected chi connectivity index (χ4v) is 1.89. The molecule has 82 valence electrons. The summed E-state index contributed by atoms with van der Waals surface area (Å²) in [4.78, 5) is 11.2. The van der Waals surface area contributed by atoms with Crippen molar-refractivity contribution in [3.63, 3.8) is 0 Å². The van der Waals surface area contributed by atoms with Crippen LogP contribution in [-0.2, 0) is 9.53 Å². The molecule has 0 radical (unpaired) electrons. The van der Waals surface area contributed by atoms with Crippen LogP contribution in [0.5, 0.6) is 0 Å². The molecular formula is C9H18N2O3. The number of hydrogen-bond acceptors (Lipinski definition) is 4. The zero-order chi connectivity index (χ0) is 10.6. The Labute approximate surface area is 83.8 Å². The van der Waals surface area contributed by atoms with Crippen molar-refractivity contribution in [2.24, 2.45) is 0 Å². The monoisotopic (exact) mass is 202 g/mol. The highest BCUT2D eigenvalue weighted by molar-refractivity contribution is 5.80. The second kappa shape index (κ2) is 4.72. The maximum atomic E-state index is 11.2. The van der Waals surface area contributed by atoms with Crippen molar-refractivity contribution in [3.05, 3.63) is 0 Å². The zero-order valence-corrected chi connectivity index (χ0v) is 8.67. The lowest BCUT2D eigenvalue weighted by atomic mass is 9.85. The Kier molecular flexibility index (Phi) is 3.86. The Hall–Kier alpha value is -0.650. The third-order valence-corrected chi connectivity index (χ3v) is 2.77. The fourth-order valence-electron chi connectivity index (χ4n) is 1.89. The molecule has 0 aromatic heterocycles. The summed E-state index contributed by atoms with van der Waals surface area (Å²) in [6.45, 7) is 3.69. The van der Waals surface area contributed by atoms with Crippen molar-refractivity contribution in [1.82, 2.24) is 10.6 Å². The average Bonchev–Trinajstić information content (AvgIpc) is 2.19. The molecule has 0 amide bonds. The van der Waals surface area contributed by atoms with Gasteiger partial charge in [-0.15, -0.1) is 0 Å².